The van der Waals surface area contributed by atoms with Gasteiger partial charge in [0.25, 0.3) is 0 Å². The van der Waals surface area contributed by atoms with Gasteiger partial charge in [0, 0.05) is 75.8 Å². The van der Waals surface area contributed by atoms with Crippen LogP contribution < -0.4 is 9.80 Å². The zero-order valence-corrected chi connectivity index (χ0v) is 21.7. The monoisotopic (exact) mass is 516 g/mol. The molecule has 2 saturated heterocycles. The lowest BCUT2D eigenvalue weighted by Gasteiger charge is -2.41. The van der Waals surface area contributed by atoms with Crippen molar-refractivity contribution in [2.75, 3.05) is 62.2 Å². The molecule has 0 atom stereocenters. The van der Waals surface area contributed by atoms with Crippen LogP contribution in [0.4, 0.5) is 20.2 Å². The van der Waals surface area contributed by atoms with Crippen LogP contribution in [0.2, 0.25) is 0 Å². The molecule has 2 saturated carbocycles. The Kier molecular flexibility index (Phi) is 6.95. The van der Waals surface area contributed by atoms with Crippen molar-refractivity contribution in [3.05, 3.63) is 59.2 Å². The van der Waals surface area contributed by atoms with Crippen molar-refractivity contribution in [2.24, 2.45) is 11.8 Å². The minimum atomic E-state index is -0.435. The molecule has 38 heavy (non-hydrogen) atoms. The van der Waals surface area contributed by atoms with Gasteiger partial charge in [-0.15, -0.1) is 0 Å². The van der Waals surface area contributed by atoms with Crippen LogP contribution in [0.5, 0.6) is 0 Å². The Morgan fingerprint density at radius 1 is 0.579 bits per heavy atom. The van der Waals surface area contributed by atoms with Crippen LogP contribution in [0.3, 0.4) is 0 Å². The van der Waals surface area contributed by atoms with Crippen molar-refractivity contribution in [2.45, 2.75) is 37.8 Å². The molecule has 0 N–H and O–H groups in total. The van der Waals surface area contributed by atoms with Crippen LogP contribution in [-0.2, 0) is 0 Å². The molecule has 0 radical (unpaired) electrons. The Morgan fingerprint density at radius 3 is 1.26 bits per heavy atom. The van der Waals surface area contributed by atoms with Gasteiger partial charge in [-0.2, -0.15) is 10.5 Å². The van der Waals surface area contributed by atoms with Gasteiger partial charge in [-0.05, 0) is 73.9 Å². The topological polar surface area (TPSA) is 60.5 Å². The summed E-state index contributed by atoms with van der Waals surface area (Å²) in [5.74, 6) is 0.743. The highest BCUT2D eigenvalue weighted by molar-refractivity contribution is 5.51. The third-order valence-corrected chi connectivity index (χ3v) is 9.50. The van der Waals surface area contributed by atoms with Crippen LogP contribution in [0.15, 0.2) is 36.4 Å². The average Bonchev–Trinajstić information content (AvgIpc) is 3.53. The number of hydrogen-bond donors (Lipinski definition) is 0. The molecule has 0 amide bonds. The fourth-order valence-electron chi connectivity index (χ4n) is 7.42. The molecule has 0 aromatic heterocycles. The second-order valence-corrected chi connectivity index (χ2v) is 11.4. The summed E-state index contributed by atoms with van der Waals surface area (Å²) in [4.78, 5) is 9.77. The van der Waals surface area contributed by atoms with Gasteiger partial charge < -0.3 is 9.80 Å². The van der Waals surface area contributed by atoms with Crippen molar-refractivity contribution in [1.82, 2.24) is 9.80 Å². The van der Waals surface area contributed by atoms with Gasteiger partial charge in [-0.3, -0.25) is 9.80 Å². The third kappa shape index (κ3) is 4.84. The Bertz CT molecular complexity index is 1140. The third-order valence-electron chi connectivity index (χ3n) is 9.50. The molecule has 4 aliphatic rings. The Morgan fingerprint density at radius 2 is 0.947 bits per heavy atom. The van der Waals surface area contributed by atoms with Crippen LogP contribution in [0.25, 0.3) is 0 Å². The molecule has 6 nitrogen and oxygen atoms in total. The van der Waals surface area contributed by atoms with E-state index >= 15 is 0 Å². The van der Waals surface area contributed by atoms with E-state index < -0.39 is 11.6 Å². The number of halogens is 2. The second-order valence-electron chi connectivity index (χ2n) is 11.4. The number of hydrogen-bond acceptors (Lipinski definition) is 6. The van der Waals surface area contributed by atoms with Crippen LogP contribution in [-0.4, -0.2) is 74.2 Å². The maximum absolute atomic E-state index is 14.1. The summed E-state index contributed by atoms with van der Waals surface area (Å²) in [7, 11) is 0. The van der Waals surface area contributed by atoms with Gasteiger partial charge in [0.2, 0.25) is 0 Å². The van der Waals surface area contributed by atoms with Crippen molar-refractivity contribution in [3.8, 4) is 12.1 Å². The summed E-state index contributed by atoms with van der Waals surface area (Å²) in [5, 5.41) is 18.0. The lowest BCUT2D eigenvalue weighted by molar-refractivity contribution is 0.155. The van der Waals surface area contributed by atoms with E-state index in [1.54, 1.807) is 12.1 Å². The van der Waals surface area contributed by atoms with E-state index in [-0.39, 0.29) is 11.1 Å². The van der Waals surface area contributed by atoms with E-state index in [2.05, 4.69) is 19.6 Å². The van der Waals surface area contributed by atoms with Gasteiger partial charge in [0.1, 0.15) is 23.8 Å². The number of rotatable bonds is 4. The molecule has 4 fully saturated rings. The van der Waals surface area contributed by atoms with Gasteiger partial charge in [-0.1, -0.05) is 0 Å². The van der Waals surface area contributed by atoms with Crippen LogP contribution in [0.1, 0.15) is 36.8 Å². The van der Waals surface area contributed by atoms with Gasteiger partial charge >= 0.3 is 0 Å². The summed E-state index contributed by atoms with van der Waals surface area (Å²) in [6.45, 7) is 7.61. The van der Waals surface area contributed by atoms with Gasteiger partial charge in [-0.25, -0.2) is 8.78 Å². The fraction of sp³-hybridized carbons (Fsp3) is 0.533. The van der Waals surface area contributed by atoms with Gasteiger partial charge in [0.15, 0.2) is 0 Å². The summed E-state index contributed by atoms with van der Waals surface area (Å²) >= 11 is 0. The molecule has 2 aromatic carbocycles. The van der Waals surface area contributed by atoms with Crippen LogP contribution in [0, 0.1) is 46.1 Å². The molecule has 8 heteroatoms. The summed E-state index contributed by atoms with van der Waals surface area (Å²) in [5.41, 5.74) is 1.95. The number of benzene rings is 2. The molecule has 2 heterocycles. The highest BCUT2D eigenvalue weighted by Gasteiger charge is 2.45. The molecule has 6 rings (SSSR count). The predicted octanol–water partition coefficient (Wildman–Crippen LogP) is 4.21. The first kappa shape index (κ1) is 25.1. The number of nitriles is 2. The van der Waals surface area contributed by atoms with Crippen molar-refractivity contribution < 1.29 is 8.78 Å². The molecule has 2 aliphatic carbocycles. The fourth-order valence-corrected chi connectivity index (χ4v) is 7.42. The molecule has 2 aromatic rings. The predicted molar refractivity (Wildman–Crippen MR) is 143 cm³/mol. The smallest absolute Gasteiger partial charge is 0.143 e. The lowest BCUT2D eigenvalue weighted by Crippen LogP contribution is -2.51. The number of piperazine rings is 2. The van der Waals surface area contributed by atoms with E-state index in [0.29, 0.717) is 12.1 Å². The maximum atomic E-state index is 14.1. The number of fused-ring (bicyclic) bond motifs is 1. The first-order valence-electron chi connectivity index (χ1n) is 13.9. The van der Waals surface area contributed by atoms with Crippen molar-refractivity contribution in [3.63, 3.8) is 0 Å². The zero-order chi connectivity index (χ0) is 26.2. The number of nitrogens with zero attached hydrogens (tertiary/aromatic N) is 6. The molecular formula is C30H34F2N6. The number of anilines is 2. The van der Waals surface area contributed by atoms with E-state index in [0.717, 1.165) is 75.6 Å². The normalized spacial score (nSPS) is 28.2. The van der Waals surface area contributed by atoms with Gasteiger partial charge in [0.05, 0.1) is 11.1 Å². The summed E-state index contributed by atoms with van der Waals surface area (Å²) in [6, 6.07) is 15.0. The van der Waals surface area contributed by atoms with E-state index in [9.17, 15) is 8.78 Å². The SMILES string of the molecule is N#Cc1ccc(N2CCN(C3CC4CC(N5CCN(c6ccc(C#N)c(F)c6)CC5)CC4C3)CC2)cc1F. The highest BCUT2D eigenvalue weighted by Crippen LogP contribution is 2.47. The summed E-state index contributed by atoms with van der Waals surface area (Å²) < 4.78 is 28.1. The Balaban J connectivity index is 0.965. The standard InChI is InChI=1S/C30H34F2N6/c31-29-17-25(3-1-21(29)19-33)35-5-9-37(10-6-35)27-13-23-15-28(16-24(23)14-27)38-11-7-36(8-12-38)26-4-2-22(20-34)30(32)18-26/h1-4,17-18,23-24,27-28H,5-16H2. The average molecular weight is 517 g/mol. The van der Waals surface area contributed by atoms with E-state index in [4.69, 9.17) is 10.5 Å². The lowest BCUT2D eigenvalue weighted by atomic mass is 10.0. The molecule has 0 bridgehead atoms. The second kappa shape index (κ2) is 10.5. The summed E-state index contributed by atoms with van der Waals surface area (Å²) in [6.07, 6.45) is 5.16. The van der Waals surface area contributed by atoms with E-state index in [1.165, 1.54) is 37.8 Å². The Hall–Kier alpha value is -3.20. The quantitative estimate of drug-likeness (QED) is 0.607. The van der Waals surface area contributed by atoms with E-state index in [1.807, 2.05) is 24.3 Å². The molecule has 0 unspecified atom stereocenters. The molecule has 2 aliphatic heterocycles. The molecule has 0 spiro atoms. The molecular weight excluding hydrogens is 482 g/mol. The van der Waals surface area contributed by atoms with Crippen LogP contribution >= 0.6 is 0 Å². The van der Waals surface area contributed by atoms with Crippen molar-refractivity contribution in [1.29, 1.82) is 10.5 Å². The Labute approximate surface area is 223 Å². The zero-order valence-electron chi connectivity index (χ0n) is 21.7. The minimum Gasteiger partial charge on any atom is -0.369 e. The minimum absolute atomic E-state index is 0.103. The largest absolute Gasteiger partial charge is 0.369 e. The maximum Gasteiger partial charge on any atom is 0.143 e. The first-order chi connectivity index (χ1) is 18.5. The first-order valence-corrected chi connectivity index (χ1v) is 13.9. The molecule has 198 valence electrons. The van der Waals surface area contributed by atoms with Crippen molar-refractivity contribution >= 4 is 11.4 Å². The highest BCUT2D eigenvalue weighted by atomic mass is 19.1.